The minimum absolute atomic E-state index is 0.0845. The summed E-state index contributed by atoms with van der Waals surface area (Å²) in [4.78, 5) is 10.2. The smallest absolute Gasteiger partial charge is 0.312 e. The minimum Gasteiger partial charge on any atom is -0.502 e. The van der Waals surface area contributed by atoms with E-state index in [1.54, 1.807) is 0 Å². The van der Waals surface area contributed by atoms with Gasteiger partial charge in [0.05, 0.1) is 11.1 Å². The van der Waals surface area contributed by atoms with Crippen molar-refractivity contribution in [1.29, 1.82) is 0 Å². The number of hydrogen-bond acceptors (Lipinski definition) is 6. The van der Waals surface area contributed by atoms with Crippen molar-refractivity contribution in [2.75, 3.05) is 0 Å². The number of benzene rings is 2. The molecule has 1 heterocycles. The third kappa shape index (κ3) is 3.42. The van der Waals surface area contributed by atoms with Crippen molar-refractivity contribution in [2.24, 2.45) is 5.10 Å². The standard InChI is InChI=1S/C15H10ClN5O3S/c16-11-6-10(13(22)12(7-11)21(23)24)8-17-20-14(18-19-15(20)25)9-4-2-1-3-5-9/h1-8,22H,(H,19,25)/b17-8+. The van der Waals surface area contributed by atoms with Gasteiger partial charge in [-0.15, -0.1) is 0 Å². The number of halogens is 1. The number of rotatable bonds is 4. The van der Waals surface area contributed by atoms with Gasteiger partial charge in [-0.25, -0.2) is 5.10 Å². The lowest BCUT2D eigenvalue weighted by Crippen LogP contribution is -1.97. The fourth-order valence-electron chi connectivity index (χ4n) is 2.14. The Bertz CT molecular complexity index is 1030. The van der Waals surface area contributed by atoms with Crippen molar-refractivity contribution < 1.29 is 10.0 Å². The Morgan fingerprint density at radius 3 is 2.76 bits per heavy atom. The molecule has 10 heteroatoms. The molecule has 0 bridgehead atoms. The number of H-pyrrole nitrogens is 1. The topological polar surface area (TPSA) is 109 Å². The van der Waals surface area contributed by atoms with E-state index in [9.17, 15) is 15.2 Å². The maximum atomic E-state index is 11.0. The third-order valence-electron chi connectivity index (χ3n) is 3.28. The van der Waals surface area contributed by atoms with Gasteiger partial charge in [-0.3, -0.25) is 10.1 Å². The van der Waals surface area contributed by atoms with Crippen LogP contribution in [0, 0.1) is 14.9 Å². The van der Waals surface area contributed by atoms with Gasteiger partial charge in [-0.1, -0.05) is 41.9 Å². The van der Waals surface area contributed by atoms with Gasteiger partial charge in [0.1, 0.15) is 0 Å². The highest BCUT2D eigenvalue weighted by atomic mass is 35.5. The van der Waals surface area contributed by atoms with Gasteiger partial charge in [0.25, 0.3) is 0 Å². The predicted molar refractivity (Wildman–Crippen MR) is 95.6 cm³/mol. The second kappa shape index (κ2) is 6.83. The lowest BCUT2D eigenvalue weighted by atomic mass is 10.2. The van der Waals surface area contributed by atoms with Crippen LogP contribution in [0.3, 0.4) is 0 Å². The molecule has 0 aliphatic rings. The molecular formula is C15H10ClN5O3S. The number of nitro groups is 1. The Labute approximate surface area is 151 Å². The van der Waals surface area contributed by atoms with Gasteiger partial charge < -0.3 is 5.11 Å². The first-order valence-corrected chi connectivity index (χ1v) is 7.70. The summed E-state index contributed by atoms with van der Waals surface area (Å²) in [5.74, 6) is -0.0766. The van der Waals surface area contributed by atoms with Crippen LogP contribution in [0.4, 0.5) is 5.69 Å². The molecule has 0 atom stereocenters. The highest BCUT2D eigenvalue weighted by Gasteiger charge is 2.18. The molecule has 0 aliphatic heterocycles. The zero-order valence-electron chi connectivity index (χ0n) is 12.5. The zero-order valence-corrected chi connectivity index (χ0v) is 14.0. The summed E-state index contributed by atoms with van der Waals surface area (Å²) >= 11 is 11.0. The number of nitrogens with one attached hydrogen (secondary N) is 1. The minimum atomic E-state index is -0.725. The molecule has 2 N–H and O–H groups in total. The number of hydrogen-bond donors (Lipinski definition) is 2. The van der Waals surface area contributed by atoms with Crippen LogP contribution < -0.4 is 0 Å². The average molecular weight is 376 g/mol. The van der Waals surface area contributed by atoms with Crippen LogP contribution in [0.25, 0.3) is 11.4 Å². The van der Waals surface area contributed by atoms with Crippen molar-refractivity contribution in [1.82, 2.24) is 14.9 Å². The van der Waals surface area contributed by atoms with E-state index >= 15 is 0 Å². The number of nitrogens with zero attached hydrogens (tertiary/aromatic N) is 4. The number of aromatic amines is 1. The summed E-state index contributed by atoms with van der Waals surface area (Å²) in [6, 6.07) is 11.6. The first-order valence-electron chi connectivity index (χ1n) is 6.91. The Kier molecular flexibility index (Phi) is 4.59. The summed E-state index contributed by atoms with van der Waals surface area (Å²) in [6.07, 6.45) is 1.23. The summed E-state index contributed by atoms with van der Waals surface area (Å²) in [5, 5.41) is 32.0. The molecule has 3 aromatic rings. The highest BCUT2D eigenvalue weighted by Crippen LogP contribution is 2.32. The second-order valence-corrected chi connectivity index (χ2v) is 5.72. The lowest BCUT2D eigenvalue weighted by Gasteiger charge is -2.03. The maximum absolute atomic E-state index is 11.0. The largest absolute Gasteiger partial charge is 0.502 e. The van der Waals surface area contributed by atoms with Gasteiger partial charge in [-0.2, -0.15) is 14.9 Å². The average Bonchev–Trinajstić information content (AvgIpc) is 2.96. The van der Waals surface area contributed by atoms with Gasteiger partial charge in [0.2, 0.25) is 10.5 Å². The molecule has 0 aliphatic carbocycles. The van der Waals surface area contributed by atoms with E-state index in [0.717, 1.165) is 11.6 Å². The van der Waals surface area contributed by atoms with Crippen LogP contribution in [0.1, 0.15) is 5.56 Å². The molecule has 0 radical (unpaired) electrons. The number of nitro benzene ring substituents is 1. The molecule has 1 aromatic heterocycles. The number of phenolic OH excluding ortho intramolecular Hbond substituents is 1. The SMILES string of the molecule is O=[N+]([O-])c1cc(Cl)cc(/C=N/n2c(-c3ccccc3)n[nH]c2=S)c1O. The molecule has 126 valence electrons. The number of aromatic hydroxyl groups is 1. The quantitative estimate of drug-likeness (QED) is 0.312. The molecule has 0 unspecified atom stereocenters. The second-order valence-electron chi connectivity index (χ2n) is 4.89. The van der Waals surface area contributed by atoms with E-state index in [1.807, 2.05) is 30.3 Å². The molecule has 8 nitrogen and oxygen atoms in total. The first-order chi connectivity index (χ1) is 12.0. The van der Waals surface area contributed by atoms with E-state index in [-0.39, 0.29) is 15.4 Å². The van der Waals surface area contributed by atoms with E-state index in [0.29, 0.717) is 5.82 Å². The molecule has 25 heavy (non-hydrogen) atoms. The van der Waals surface area contributed by atoms with E-state index in [2.05, 4.69) is 15.3 Å². The lowest BCUT2D eigenvalue weighted by molar-refractivity contribution is -0.385. The summed E-state index contributed by atoms with van der Waals surface area (Å²) in [6.45, 7) is 0. The normalized spacial score (nSPS) is 11.1. The maximum Gasteiger partial charge on any atom is 0.312 e. The summed E-state index contributed by atoms with van der Waals surface area (Å²) < 4.78 is 1.57. The monoisotopic (exact) mass is 375 g/mol. The van der Waals surface area contributed by atoms with Crippen LogP contribution in [0.2, 0.25) is 5.02 Å². The molecule has 2 aromatic carbocycles. The zero-order chi connectivity index (χ0) is 18.0. The molecule has 0 fully saturated rings. The Balaban J connectivity index is 2.06. The highest BCUT2D eigenvalue weighted by molar-refractivity contribution is 7.71. The van der Waals surface area contributed by atoms with Crippen molar-refractivity contribution in [3.63, 3.8) is 0 Å². The Morgan fingerprint density at radius 1 is 1.36 bits per heavy atom. The van der Waals surface area contributed by atoms with E-state index in [1.165, 1.54) is 17.0 Å². The Hall–Kier alpha value is -3.04. The van der Waals surface area contributed by atoms with Gasteiger partial charge in [0.15, 0.2) is 5.82 Å². The fourth-order valence-corrected chi connectivity index (χ4v) is 2.54. The molecular weight excluding hydrogens is 366 g/mol. The summed E-state index contributed by atoms with van der Waals surface area (Å²) in [7, 11) is 0. The predicted octanol–water partition coefficient (Wildman–Crippen LogP) is 3.76. The van der Waals surface area contributed by atoms with Crippen LogP contribution in [0.5, 0.6) is 5.75 Å². The molecule has 0 saturated heterocycles. The number of aromatic nitrogens is 3. The molecule has 0 saturated carbocycles. The first kappa shape index (κ1) is 16.8. The van der Waals surface area contributed by atoms with Gasteiger partial charge in [0, 0.05) is 22.2 Å². The van der Waals surface area contributed by atoms with Crippen molar-refractivity contribution in [3.8, 4) is 17.1 Å². The van der Waals surface area contributed by atoms with E-state index < -0.39 is 16.4 Å². The van der Waals surface area contributed by atoms with Gasteiger partial charge >= 0.3 is 5.69 Å². The Morgan fingerprint density at radius 2 is 2.08 bits per heavy atom. The van der Waals surface area contributed by atoms with Crippen LogP contribution >= 0.6 is 23.8 Å². The third-order valence-corrected chi connectivity index (χ3v) is 3.76. The van der Waals surface area contributed by atoms with Crippen LogP contribution in [-0.4, -0.2) is 31.1 Å². The number of phenols is 1. The van der Waals surface area contributed by atoms with Crippen molar-refractivity contribution in [3.05, 3.63) is 67.9 Å². The summed E-state index contributed by atoms with van der Waals surface area (Å²) in [5.41, 5.74) is 0.350. The van der Waals surface area contributed by atoms with Gasteiger partial charge in [-0.05, 0) is 18.3 Å². The molecule has 3 rings (SSSR count). The molecule has 0 amide bonds. The van der Waals surface area contributed by atoms with Crippen LogP contribution in [0.15, 0.2) is 47.6 Å². The van der Waals surface area contributed by atoms with Crippen molar-refractivity contribution >= 4 is 35.7 Å². The van der Waals surface area contributed by atoms with Crippen LogP contribution in [-0.2, 0) is 0 Å². The van der Waals surface area contributed by atoms with E-state index in [4.69, 9.17) is 23.8 Å². The fraction of sp³-hybridized carbons (Fsp3) is 0. The molecule has 0 spiro atoms. The van der Waals surface area contributed by atoms with Crippen molar-refractivity contribution in [2.45, 2.75) is 0 Å².